The van der Waals surface area contributed by atoms with Crippen molar-refractivity contribution in [3.05, 3.63) is 33.4 Å². The molecule has 2 aromatic rings. The predicted molar refractivity (Wildman–Crippen MR) is 93.2 cm³/mol. The smallest absolute Gasteiger partial charge is 0.382 e. The Bertz CT molecular complexity index is 1090. The van der Waals surface area contributed by atoms with Crippen LogP contribution in [-0.4, -0.2) is 23.4 Å². The third kappa shape index (κ3) is 3.56. The monoisotopic (exact) mass is 436 g/mol. The molecule has 1 aromatic heterocycles. The molecular weight excluding hydrogens is 428 g/mol. The van der Waals surface area contributed by atoms with Gasteiger partial charge in [-0.15, -0.1) is 6.42 Å². The van der Waals surface area contributed by atoms with E-state index in [4.69, 9.17) is 35.4 Å². The second-order valence-corrected chi connectivity index (χ2v) is 8.25. The van der Waals surface area contributed by atoms with E-state index in [1.807, 2.05) is 5.92 Å². The Labute approximate surface area is 162 Å². The summed E-state index contributed by atoms with van der Waals surface area (Å²) < 4.78 is 64.3. The van der Waals surface area contributed by atoms with Crippen molar-refractivity contribution in [1.29, 1.82) is 5.26 Å². The minimum absolute atomic E-state index is 0.310. The molecule has 0 saturated heterocycles. The quantitative estimate of drug-likeness (QED) is 0.742. The zero-order valence-corrected chi connectivity index (χ0v) is 15.7. The van der Waals surface area contributed by atoms with Crippen molar-refractivity contribution in [2.75, 3.05) is 5.73 Å². The van der Waals surface area contributed by atoms with Crippen LogP contribution in [0, 0.1) is 23.7 Å². The number of aromatic nitrogens is 2. The summed E-state index contributed by atoms with van der Waals surface area (Å²) in [6.45, 7) is 1.20. The summed E-state index contributed by atoms with van der Waals surface area (Å²) in [5.41, 5.74) is 3.78. The Hall–Kier alpha value is -2.40. The first-order chi connectivity index (χ1) is 12.4. The molecule has 0 radical (unpaired) electrons. The Balaban J connectivity index is 2.82. The molecule has 0 fully saturated rings. The molecule has 0 aliphatic rings. The number of halogens is 5. The number of hydrogen-bond acceptors (Lipinski definition) is 5. The van der Waals surface area contributed by atoms with Crippen molar-refractivity contribution in [2.45, 2.75) is 23.2 Å². The largest absolute Gasteiger partial charge is 0.416 e. The average molecular weight is 437 g/mol. The molecule has 6 nitrogen and oxygen atoms in total. The van der Waals surface area contributed by atoms with Crippen molar-refractivity contribution in [3.8, 4) is 24.1 Å². The van der Waals surface area contributed by atoms with Crippen molar-refractivity contribution >= 4 is 38.9 Å². The van der Waals surface area contributed by atoms with E-state index >= 15 is 0 Å². The van der Waals surface area contributed by atoms with Crippen LogP contribution in [0.5, 0.6) is 0 Å². The lowest BCUT2D eigenvalue weighted by molar-refractivity contribution is -0.137. The fourth-order valence-electron chi connectivity index (χ4n) is 2.14. The molecule has 2 N–H and O–H groups in total. The topological polar surface area (TPSA) is 102 Å². The molecule has 0 aliphatic carbocycles. The molecule has 0 saturated carbocycles. The fourth-order valence-corrected chi connectivity index (χ4v) is 4.05. The van der Waals surface area contributed by atoms with Gasteiger partial charge in [0.1, 0.15) is 27.7 Å². The van der Waals surface area contributed by atoms with E-state index in [1.165, 1.54) is 6.92 Å². The third-order valence-corrected chi connectivity index (χ3v) is 6.14. The summed E-state index contributed by atoms with van der Waals surface area (Å²) in [6.07, 6.45) is 0.419. The molecule has 0 aliphatic heterocycles. The van der Waals surface area contributed by atoms with Gasteiger partial charge in [-0.2, -0.15) is 23.5 Å². The van der Waals surface area contributed by atoms with Gasteiger partial charge in [0.05, 0.1) is 15.6 Å². The van der Waals surface area contributed by atoms with Gasteiger partial charge in [0, 0.05) is 0 Å². The summed E-state index contributed by atoms with van der Waals surface area (Å²) in [5.74, 6) is 1.45. The van der Waals surface area contributed by atoms with Gasteiger partial charge in [0.15, 0.2) is 15.5 Å². The zero-order valence-electron chi connectivity index (χ0n) is 13.3. The van der Waals surface area contributed by atoms with Gasteiger partial charge in [-0.05, 0) is 19.1 Å². The zero-order chi connectivity index (χ0) is 20.7. The molecule has 1 unspecified atom stereocenters. The first kappa shape index (κ1) is 20.9. The number of hydrogen-bond donors (Lipinski definition) is 1. The molecule has 1 heterocycles. The fraction of sp³-hybridized carbons (Fsp3) is 0.200. The lowest BCUT2D eigenvalue weighted by Crippen LogP contribution is -2.18. The molecule has 1 aromatic carbocycles. The number of nitrogens with two attached hydrogens (primary N) is 1. The molecule has 142 valence electrons. The number of benzene rings is 1. The number of anilines is 1. The number of sulfone groups is 1. The van der Waals surface area contributed by atoms with E-state index in [0.29, 0.717) is 16.8 Å². The molecule has 0 amide bonds. The minimum atomic E-state index is -4.71. The standard InChI is InChI=1S/C15H9Cl2F3N4O2S/c1-3-7(2)27(25,26)13-11(6-21)23-24(14(13)22)12-9(16)4-8(5-10(12)17)15(18,19)20/h1,4-5,7H,22H2,2H3. The highest BCUT2D eigenvalue weighted by atomic mass is 35.5. The van der Waals surface area contributed by atoms with E-state index in [9.17, 15) is 26.9 Å². The normalized spacial score (nSPS) is 13.0. The molecule has 27 heavy (non-hydrogen) atoms. The van der Waals surface area contributed by atoms with Crippen LogP contribution < -0.4 is 5.73 Å². The Morgan fingerprint density at radius 1 is 1.33 bits per heavy atom. The summed E-state index contributed by atoms with van der Waals surface area (Å²) in [4.78, 5) is -0.650. The van der Waals surface area contributed by atoms with Crippen LogP contribution in [0.3, 0.4) is 0 Å². The molecular formula is C15H9Cl2F3N4O2S. The summed E-state index contributed by atoms with van der Waals surface area (Å²) >= 11 is 11.8. The van der Waals surface area contributed by atoms with Crippen molar-refractivity contribution < 1.29 is 21.6 Å². The molecule has 0 bridgehead atoms. The third-order valence-electron chi connectivity index (χ3n) is 3.52. The first-order valence-electron chi connectivity index (χ1n) is 6.91. The molecule has 0 spiro atoms. The van der Waals surface area contributed by atoms with E-state index in [0.717, 1.165) is 0 Å². The van der Waals surface area contributed by atoms with E-state index in [-0.39, 0.29) is 5.69 Å². The number of nitrogens with zero attached hydrogens (tertiary/aromatic N) is 3. The lowest BCUT2D eigenvalue weighted by Gasteiger charge is -2.13. The van der Waals surface area contributed by atoms with Crippen LogP contribution >= 0.6 is 23.2 Å². The maximum atomic E-state index is 12.9. The van der Waals surface area contributed by atoms with Gasteiger partial charge in [-0.1, -0.05) is 29.1 Å². The summed E-state index contributed by atoms with van der Waals surface area (Å²) in [5, 5.41) is 10.6. The van der Waals surface area contributed by atoms with Crippen LogP contribution in [-0.2, 0) is 16.0 Å². The number of nitriles is 1. The highest BCUT2D eigenvalue weighted by Crippen LogP contribution is 2.39. The highest BCUT2D eigenvalue weighted by Gasteiger charge is 2.35. The van der Waals surface area contributed by atoms with E-state index in [1.54, 1.807) is 6.07 Å². The van der Waals surface area contributed by atoms with Gasteiger partial charge in [-0.25, -0.2) is 13.1 Å². The highest BCUT2D eigenvalue weighted by molar-refractivity contribution is 7.92. The van der Waals surface area contributed by atoms with Crippen molar-refractivity contribution in [2.24, 2.45) is 0 Å². The maximum absolute atomic E-state index is 12.9. The first-order valence-corrected chi connectivity index (χ1v) is 9.21. The number of terminal acetylenes is 1. The second-order valence-electron chi connectivity index (χ2n) is 5.23. The number of rotatable bonds is 3. The van der Waals surface area contributed by atoms with Crippen LogP contribution in [0.4, 0.5) is 19.0 Å². The van der Waals surface area contributed by atoms with Gasteiger partial charge in [-0.3, -0.25) is 0 Å². The predicted octanol–water partition coefficient (Wildman–Crippen LogP) is 3.45. The van der Waals surface area contributed by atoms with Gasteiger partial charge in [0.2, 0.25) is 0 Å². The summed E-state index contributed by atoms with van der Waals surface area (Å²) in [7, 11) is -4.24. The summed E-state index contributed by atoms with van der Waals surface area (Å²) in [6, 6.07) is 2.72. The number of alkyl halides is 3. The van der Waals surface area contributed by atoms with E-state index in [2.05, 4.69) is 5.10 Å². The number of nitrogen functional groups attached to an aromatic ring is 1. The molecule has 2 rings (SSSR count). The van der Waals surface area contributed by atoms with Crippen LogP contribution in [0.25, 0.3) is 5.69 Å². The van der Waals surface area contributed by atoms with Gasteiger partial charge < -0.3 is 5.73 Å². The van der Waals surface area contributed by atoms with Crippen molar-refractivity contribution in [1.82, 2.24) is 9.78 Å². The SMILES string of the molecule is C#CC(C)S(=O)(=O)c1c(C#N)nn(-c2c(Cl)cc(C(F)(F)F)cc2Cl)c1N. The van der Waals surface area contributed by atoms with Crippen molar-refractivity contribution in [3.63, 3.8) is 0 Å². The lowest BCUT2D eigenvalue weighted by atomic mass is 10.2. The van der Waals surface area contributed by atoms with Gasteiger partial charge >= 0.3 is 6.18 Å². The molecule has 12 heteroatoms. The minimum Gasteiger partial charge on any atom is -0.382 e. The maximum Gasteiger partial charge on any atom is 0.416 e. The van der Waals surface area contributed by atoms with Crippen LogP contribution in [0.15, 0.2) is 17.0 Å². The molecule has 1 atom stereocenters. The Morgan fingerprint density at radius 2 is 1.85 bits per heavy atom. The van der Waals surface area contributed by atoms with Crippen LogP contribution in [0.2, 0.25) is 10.0 Å². The Kier molecular flexibility index (Phi) is 5.39. The second kappa shape index (κ2) is 6.97. The van der Waals surface area contributed by atoms with Gasteiger partial charge in [0.25, 0.3) is 0 Å². The van der Waals surface area contributed by atoms with Crippen LogP contribution in [0.1, 0.15) is 18.2 Å². The Morgan fingerprint density at radius 3 is 2.26 bits per heavy atom. The average Bonchev–Trinajstić information content (AvgIpc) is 2.89. The van der Waals surface area contributed by atoms with E-state index < -0.39 is 53.3 Å².